The van der Waals surface area contributed by atoms with Crippen LogP contribution < -0.4 is 4.74 Å². The Morgan fingerprint density at radius 3 is 2.40 bits per heavy atom. The van der Waals surface area contributed by atoms with Crippen LogP contribution in [0.15, 0.2) is 17.1 Å². The van der Waals surface area contributed by atoms with Crippen LogP contribution in [0.3, 0.4) is 0 Å². The second-order valence-electron chi connectivity index (χ2n) is 7.41. The van der Waals surface area contributed by atoms with Gasteiger partial charge in [0.1, 0.15) is 5.75 Å². The van der Waals surface area contributed by atoms with Crippen molar-refractivity contribution in [2.45, 2.75) is 52.1 Å². The Bertz CT molecular complexity index is 595. The van der Waals surface area contributed by atoms with Crippen molar-refractivity contribution in [3.8, 4) is 5.75 Å². The molecule has 1 aromatic carbocycles. The summed E-state index contributed by atoms with van der Waals surface area (Å²) in [7, 11) is 0.627. The van der Waals surface area contributed by atoms with Crippen molar-refractivity contribution in [3.05, 3.63) is 23.3 Å². The summed E-state index contributed by atoms with van der Waals surface area (Å²) in [5, 5.41) is 0. The molecule has 0 aliphatic heterocycles. The summed E-state index contributed by atoms with van der Waals surface area (Å²) in [5.41, 5.74) is 0.179. The highest BCUT2D eigenvalue weighted by atomic mass is 28.3. The normalized spacial score (nSPS) is 12.7. The fourth-order valence-electron chi connectivity index (χ4n) is 2.25. The first-order chi connectivity index (χ1) is 11.5. The van der Waals surface area contributed by atoms with E-state index in [1.807, 2.05) is 18.9 Å². The van der Waals surface area contributed by atoms with E-state index in [1.165, 1.54) is 6.07 Å². The largest absolute Gasteiger partial charge is 0.493 e. The van der Waals surface area contributed by atoms with Crippen LogP contribution in [-0.2, 0) is 6.18 Å². The molecule has 0 saturated heterocycles. The van der Waals surface area contributed by atoms with Crippen LogP contribution in [-0.4, -0.2) is 39.5 Å². The zero-order chi connectivity index (χ0) is 19.3. The highest BCUT2D eigenvalue weighted by Gasteiger charge is 2.35. The summed E-state index contributed by atoms with van der Waals surface area (Å²) in [5.74, 6) is -0.100. The van der Waals surface area contributed by atoms with E-state index < -0.39 is 19.8 Å². The topological polar surface area (TPSA) is 24.8 Å². The van der Waals surface area contributed by atoms with Gasteiger partial charge in [0.05, 0.1) is 24.2 Å². The van der Waals surface area contributed by atoms with Gasteiger partial charge in [0.25, 0.3) is 0 Å². The van der Waals surface area contributed by atoms with Gasteiger partial charge in [-0.25, -0.2) is 4.99 Å². The second kappa shape index (κ2) is 8.74. The fourth-order valence-corrected chi connectivity index (χ4v) is 3.45. The van der Waals surface area contributed by atoms with Crippen LogP contribution in [0.5, 0.6) is 5.75 Å². The van der Waals surface area contributed by atoms with E-state index in [1.54, 1.807) is 13.3 Å². The number of nitrogens with zero attached hydrogens (tertiary/aromatic N) is 2. The van der Waals surface area contributed by atoms with E-state index in [-0.39, 0.29) is 12.4 Å². The molecule has 3 nitrogen and oxygen atoms in total. The number of hydrogen-bond acceptors (Lipinski definition) is 2. The predicted molar refractivity (Wildman–Crippen MR) is 101 cm³/mol. The molecule has 0 N–H and O–H groups in total. The summed E-state index contributed by atoms with van der Waals surface area (Å²) >= 11 is 0. The van der Waals surface area contributed by atoms with Crippen molar-refractivity contribution in [3.63, 3.8) is 0 Å². The van der Waals surface area contributed by atoms with Crippen molar-refractivity contribution >= 4 is 20.1 Å². The third kappa shape index (κ3) is 7.10. The van der Waals surface area contributed by atoms with E-state index in [2.05, 4.69) is 24.6 Å². The van der Waals surface area contributed by atoms with Crippen molar-refractivity contribution in [1.82, 2.24) is 4.90 Å². The van der Waals surface area contributed by atoms with Crippen molar-refractivity contribution in [1.29, 1.82) is 0 Å². The van der Waals surface area contributed by atoms with E-state index >= 15 is 0 Å². The van der Waals surface area contributed by atoms with E-state index in [0.29, 0.717) is 11.3 Å². The van der Waals surface area contributed by atoms with Crippen molar-refractivity contribution in [2.75, 3.05) is 20.2 Å². The van der Waals surface area contributed by atoms with E-state index in [0.717, 1.165) is 25.1 Å². The quantitative estimate of drug-likeness (QED) is 0.251. The van der Waals surface area contributed by atoms with Gasteiger partial charge in [-0.05, 0) is 32.4 Å². The lowest BCUT2D eigenvalue weighted by Crippen LogP contribution is -2.20. The highest BCUT2D eigenvalue weighted by molar-refractivity contribution is 6.76. The molecule has 0 heterocycles. The molecular formula is C18H29F3N2OSi. The molecule has 0 aliphatic carbocycles. The minimum atomic E-state index is -4.44. The predicted octanol–water partition coefficient (Wildman–Crippen LogP) is 5.73. The number of ether oxygens (including phenoxy) is 1. The number of benzene rings is 1. The molecule has 0 aromatic heterocycles. The summed E-state index contributed by atoms with van der Waals surface area (Å²) < 4.78 is 45.5. The Hall–Kier alpha value is -1.50. The first-order valence-corrected chi connectivity index (χ1v) is 12.2. The molecule has 142 valence electrons. The lowest BCUT2D eigenvalue weighted by molar-refractivity contribution is -0.139. The van der Waals surface area contributed by atoms with Gasteiger partial charge in [-0.2, -0.15) is 13.2 Å². The summed E-state index contributed by atoms with van der Waals surface area (Å²) in [6.07, 6.45) is -2.07. The highest BCUT2D eigenvalue weighted by Crippen LogP contribution is 2.41. The molecule has 0 aliphatic rings. The zero-order valence-electron chi connectivity index (χ0n) is 16.0. The lowest BCUT2D eigenvalue weighted by atomic mass is 10.1. The molecule has 1 aromatic rings. The van der Waals surface area contributed by atoms with Gasteiger partial charge in [-0.1, -0.05) is 25.7 Å². The van der Waals surface area contributed by atoms with Gasteiger partial charge in [-0.3, -0.25) is 0 Å². The molecule has 0 radical (unpaired) electrons. The van der Waals surface area contributed by atoms with Crippen LogP contribution >= 0.6 is 0 Å². The number of rotatable bonds is 8. The maximum Gasteiger partial charge on any atom is 0.419 e. The Kier molecular flexibility index (Phi) is 7.53. The maximum absolute atomic E-state index is 13.3. The van der Waals surface area contributed by atoms with Crippen LogP contribution in [0, 0.1) is 6.92 Å². The Balaban J connectivity index is 3.06. The summed E-state index contributed by atoms with van der Waals surface area (Å²) in [6, 6.07) is 3.47. The van der Waals surface area contributed by atoms with Crippen LogP contribution in [0.4, 0.5) is 18.9 Å². The molecule has 1 rings (SSSR count). The SMILES string of the molecule is CCN(C)C=Nc1ccc(C(F)(F)F)c(OCCC[Si](C)(C)C)c1C. The minimum absolute atomic E-state index is 0.100. The standard InChI is InChI=1S/C18H29F3N2OSi/c1-7-23(3)13-22-16-10-9-15(18(19,20)21)17(14(16)2)24-11-8-12-25(4,5)6/h9-10,13H,7-8,11-12H2,1-6H3. The molecule has 25 heavy (non-hydrogen) atoms. The Morgan fingerprint density at radius 1 is 1.24 bits per heavy atom. The Labute approximate surface area is 149 Å². The summed E-state index contributed by atoms with van der Waals surface area (Å²) in [6.45, 7) is 11.4. The van der Waals surface area contributed by atoms with Gasteiger partial charge in [0, 0.05) is 27.2 Å². The maximum atomic E-state index is 13.3. The Morgan fingerprint density at radius 2 is 1.88 bits per heavy atom. The van der Waals surface area contributed by atoms with Crippen molar-refractivity contribution < 1.29 is 17.9 Å². The van der Waals surface area contributed by atoms with Gasteiger partial charge < -0.3 is 9.64 Å². The molecule has 0 bridgehead atoms. The monoisotopic (exact) mass is 374 g/mol. The van der Waals surface area contributed by atoms with E-state index in [4.69, 9.17) is 4.74 Å². The molecule has 7 heteroatoms. The first kappa shape index (κ1) is 21.5. The van der Waals surface area contributed by atoms with Crippen LogP contribution in [0.2, 0.25) is 25.7 Å². The minimum Gasteiger partial charge on any atom is -0.493 e. The third-order valence-electron chi connectivity index (χ3n) is 3.89. The fraction of sp³-hybridized carbons (Fsp3) is 0.611. The molecule has 0 saturated carbocycles. The molecule has 0 unspecified atom stereocenters. The van der Waals surface area contributed by atoms with Gasteiger partial charge in [0.15, 0.2) is 0 Å². The number of alkyl halides is 3. The number of aliphatic imine (C=N–C) groups is 1. The van der Waals surface area contributed by atoms with Gasteiger partial charge in [0.2, 0.25) is 0 Å². The van der Waals surface area contributed by atoms with Gasteiger partial charge in [-0.15, -0.1) is 0 Å². The van der Waals surface area contributed by atoms with Crippen molar-refractivity contribution in [2.24, 2.45) is 4.99 Å². The number of hydrogen-bond donors (Lipinski definition) is 0. The van der Waals surface area contributed by atoms with Gasteiger partial charge >= 0.3 is 6.18 Å². The molecular weight excluding hydrogens is 345 g/mol. The second-order valence-corrected chi connectivity index (χ2v) is 13.0. The molecule has 0 atom stereocenters. The summed E-state index contributed by atoms with van der Waals surface area (Å²) in [4.78, 5) is 6.14. The number of halogens is 3. The first-order valence-electron chi connectivity index (χ1n) is 8.53. The van der Waals surface area contributed by atoms with E-state index in [9.17, 15) is 13.2 Å². The average Bonchev–Trinajstić information content (AvgIpc) is 2.48. The lowest BCUT2D eigenvalue weighted by Gasteiger charge is -2.19. The molecule has 0 amide bonds. The zero-order valence-corrected chi connectivity index (χ0v) is 17.0. The molecule has 0 fully saturated rings. The molecule has 0 spiro atoms. The van der Waals surface area contributed by atoms with Crippen LogP contribution in [0.25, 0.3) is 0 Å². The third-order valence-corrected chi connectivity index (χ3v) is 5.75. The van der Waals surface area contributed by atoms with Crippen LogP contribution in [0.1, 0.15) is 24.5 Å². The smallest absolute Gasteiger partial charge is 0.419 e. The average molecular weight is 375 g/mol.